The first-order valence-corrected chi connectivity index (χ1v) is 36.1. The number of ether oxygens (including phenoxy) is 1. The summed E-state index contributed by atoms with van der Waals surface area (Å²) < 4.78 is 55.8. The minimum Gasteiger partial charge on any atom is -0.508 e. The number of nitrogens with zero attached hydrogens (tertiary/aromatic N) is 3. The zero-order valence-electron chi connectivity index (χ0n) is 46.9. The maximum absolute atomic E-state index is 12.8. The SMILES string of the molecule is CCN(C)C.CCNC.II.O=C(O)c1ccccc1.O=C(Oc1ccc(S(=O)(=O)CCN2CC[C@H](Cc3ccccc3)[C@H](O)C2)cc1)c1ccccc1.O=S(=O)(CCN1CC[C@H](Cc2ccccc2)[C@H](O)C1)c1ccc(O)cc1.[V]. The maximum atomic E-state index is 12.8. The summed E-state index contributed by atoms with van der Waals surface area (Å²) in [7, 11) is -0.849. The van der Waals surface area contributed by atoms with E-state index in [1.807, 2.05) is 59.3 Å². The Hall–Kier alpha value is -4.24. The number of carboxylic acids is 1. The van der Waals surface area contributed by atoms with Crippen molar-refractivity contribution in [3.63, 3.8) is 0 Å². The van der Waals surface area contributed by atoms with Crippen molar-refractivity contribution in [1.29, 1.82) is 0 Å². The largest absolute Gasteiger partial charge is 0.508 e. The quantitative estimate of drug-likeness (QED) is 0.0327. The van der Waals surface area contributed by atoms with Crippen LogP contribution in [-0.2, 0) is 51.1 Å². The number of hydrogen-bond donors (Lipinski definition) is 5. The van der Waals surface area contributed by atoms with Gasteiger partial charge < -0.3 is 35.4 Å². The summed E-state index contributed by atoms with van der Waals surface area (Å²) in [6.07, 6.45) is 2.44. The number of esters is 1. The summed E-state index contributed by atoms with van der Waals surface area (Å²) >= 11 is 4.24. The normalized spacial score (nSPS) is 16.9. The summed E-state index contributed by atoms with van der Waals surface area (Å²) in [5.74, 6) is -0.672. The van der Waals surface area contributed by atoms with Gasteiger partial charge in [-0.3, -0.25) is 9.80 Å². The van der Waals surface area contributed by atoms with Gasteiger partial charge in [-0.05, 0) is 169 Å². The summed E-state index contributed by atoms with van der Waals surface area (Å²) in [5, 5.41) is 41.7. The molecule has 5 N–H and O–H groups in total. The first-order valence-electron chi connectivity index (χ1n) is 26.6. The number of β-amino-alcohol motifs (C(OH)–C–C–N with tert-alkyl or cyclic N) is 2. The van der Waals surface area contributed by atoms with Gasteiger partial charge in [0.25, 0.3) is 0 Å². The number of carbonyl (C=O) groups is 2. The number of carbonyl (C=O) groups excluding carboxylic acids is 1. The monoisotopic (exact) mass is 1410 g/mol. The molecule has 2 fully saturated rings. The van der Waals surface area contributed by atoms with Crippen LogP contribution in [0, 0.1) is 11.8 Å². The molecule has 441 valence electrons. The molecule has 81 heavy (non-hydrogen) atoms. The van der Waals surface area contributed by atoms with Crippen LogP contribution in [0.4, 0.5) is 0 Å². The summed E-state index contributed by atoms with van der Waals surface area (Å²) in [6, 6.07) is 48.7. The van der Waals surface area contributed by atoms with Crippen molar-refractivity contribution in [2.75, 3.05) is 85.0 Å². The fraction of sp³-hybridized carbons (Fsp3) is 0.377. The molecule has 15 nitrogen and oxygen atoms in total. The Morgan fingerprint density at radius 1 is 0.605 bits per heavy atom. The van der Waals surface area contributed by atoms with E-state index in [1.165, 1.54) is 59.7 Å². The third kappa shape index (κ3) is 28.3. The number of aromatic hydroxyl groups is 1. The minimum atomic E-state index is -3.50. The van der Waals surface area contributed by atoms with Crippen LogP contribution >= 0.6 is 37.2 Å². The molecular formula is C61H80I2N4O11S2V. The molecule has 2 heterocycles. The summed E-state index contributed by atoms with van der Waals surface area (Å²) in [4.78, 5) is 28.9. The van der Waals surface area contributed by atoms with Crippen molar-refractivity contribution >= 4 is 68.8 Å². The molecule has 2 aliphatic heterocycles. The number of halogens is 2. The summed E-state index contributed by atoms with van der Waals surface area (Å²) in [6.45, 7) is 9.70. The number of aliphatic hydroxyl groups excluding tert-OH is 2. The molecular weight excluding hydrogens is 1330 g/mol. The predicted molar refractivity (Wildman–Crippen MR) is 337 cm³/mol. The van der Waals surface area contributed by atoms with E-state index in [2.05, 4.69) is 99.7 Å². The molecule has 0 amide bonds. The third-order valence-electron chi connectivity index (χ3n) is 13.3. The first-order chi connectivity index (χ1) is 38.3. The number of piperidine rings is 2. The number of nitrogens with one attached hydrogen (secondary N) is 1. The van der Waals surface area contributed by atoms with E-state index < -0.39 is 43.8 Å². The number of sulfone groups is 2. The van der Waals surface area contributed by atoms with Crippen LogP contribution in [0.1, 0.15) is 58.5 Å². The maximum Gasteiger partial charge on any atom is 0.343 e. The van der Waals surface area contributed by atoms with Gasteiger partial charge in [0.2, 0.25) is 0 Å². The van der Waals surface area contributed by atoms with Crippen LogP contribution in [0.3, 0.4) is 0 Å². The van der Waals surface area contributed by atoms with Gasteiger partial charge in [0.05, 0.1) is 44.6 Å². The van der Waals surface area contributed by atoms with Gasteiger partial charge in [-0.15, -0.1) is 0 Å². The van der Waals surface area contributed by atoms with Crippen LogP contribution in [0.2, 0.25) is 0 Å². The summed E-state index contributed by atoms with van der Waals surface area (Å²) in [5.41, 5.74) is 3.19. The van der Waals surface area contributed by atoms with Crippen molar-refractivity contribution in [2.24, 2.45) is 11.8 Å². The van der Waals surface area contributed by atoms with Crippen LogP contribution in [0.25, 0.3) is 0 Å². The van der Waals surface area contributed by atoms with Gasteiger partial charge in [0.1, 0.15) is 11.5 Å². The van der Waals surface area contributed by atoms with Crippen LogP contribution in [-0.4, -0.2) is 161 Å². The molecule has 8 rings (SSSR count). The molecule has 1 radical (unpaired) electrons. The molecule has 0 spiro atoms. The van der Waals surface area contributed by atoms with Gasteiger partial charge in [0.15, 0.2) is 19.7 Å². The minimum absolute atomic E-state index is 0. The predicted octanol–water partition coefficient (Wildman–Crippen LogP) is 9.64. The number of aromatic carboxylic acids is 1. The number of carboxylic acid groups (broad SMARTS) is 1. The van der Waals surface area contributed by atoms with Crippen molar-refractivity contribution in [2.45, 2.75) is 61.5 Å². The molecule has 0 aliphatic carbocycles. The van der Waals surface area contributed by atoms with Gasteiger partial charge in [-0.2, -0.15) is 0 Å². The van der Waals surface area contributed by atoms with E-state index in [-0.39, 0.29) is 63.2 Å². The molecule has 6 aromatic carbocycles. The molecule has 4 atom stereocenters. The number of phenols is 1. The van der Waals surface area contributed by atoms with Crippen LogP contribution < -0.4 is 10.1 Å². The molecule has 0 bridgehead atoms. The Bertz CT molecular complexity index is 2870. The van der Waals surface area contributed by atoms with Gasteiger partial charge in [-0.25, -0.2) is 26.4 Å². The zero-order valence-corrected chi connectivity index (χ0v) is 54.2. The average Bonchev–Trinajstić information content (AvgIpc) is 3.50. The Balaban J connectivity index is 0.000000417. The van der Waals surface area contributed by atoms with Crippen LogP contribution in [0.15, 0.2) is 180 Å². The van der Waals surface area contributed by atoms with E-state index in [4.69, 9.17) is 9.84 Å². The Morgan fingerprint density at radius 2 is 0.951 bits per heavy atom. The number of phenolic OH excluding ortho intramolecular Hbond substituents is 1. The molecule has 0 saturated carbocycles. The van der Waals surface area contributed by atoms with Crippen molar-refractivity contribution in [1.82, 2.24) is 20.0 Å². The van der Waals surface area contributed by atoms with Gasteiger partial charge in [-0.1, -0.05) is 111 Å². The Morgan fingerprint density at radius 3 is 1.27 bits per heavy atom. The Labute approximate surface area is 516 Å². The molecule has 0 unspecified atom stereocenters. The topological polar surface area (TPSA) is 214 Å². The second kappa shape index (κ2) is 40.1. The molecule has 20 heteroatoms. The number of aliphatic hydroxyl groups is 2. The van der Waals surface area contributed by atoms with E-state index in [0.29, 0.717) is 37.3 Å². The standard InChI is InChI=1S/C27H29NO5S.C20H25NO4S.C7H6O2.C4H11N.C3H9N.I2.V/c29-26-20-28(16-15-23(26)19-21-7-3-1-4-8-21)17-18-34(31,32)25-13-11-24(12-14-25)33-27(30)22-9-5-2-6-10-22;22-18-6-8-19(9-7-18)26(24,25)13-12-21-11-10-17(20(23)15-21)14-16-4-2-1-3-5-16;8-7(9)6-4-2-1-3-5-6;1-4-5(2)3;1-3-4-2;1-2;/h1-14,23,26,29H,15-20H2;1-9,17,20,22-23H,10-15H2;1-5H,(H,8,9);4H2,1-3H3;4H,3H2,1-2H3;;/t23-,26-;17-,20-;;;;;/m11...../s1. The number of likely N-dealkylation sites (tertiary alicyclic amines) is 2. The number of rotatable bonds is 17. The van der Waals surface area contributed by atoms with E-state index in [9.17, 15) is 41.7 Å². The second-order valence-electron chi connectivity index (χ2n) is 19.3. The molecule has 2 aliphatic rings. The van der Waals surface area contributed by atoms with E-state index in [1.54, 1.807) is 54.6 Å². The fourth-order valence-electron chi connectivity index (χ4n) is 8.23. The zero-order chi connectivity index (χ0) is 58.9. The number of hydrogen-bond acceptors (Lipinski definition) is 14. The van der Waals surface area contributed by atoms with E-state index >= 15 is 0 Å². The smallest absolute Gasteiger partial charge is 0.343 e. The molecule has 2 saturated heterocycles. The first kappa shape index (κ1) is 72.9. The fourth-order valence-corrected chi connectivity index (χ4v) is 10.8. The number of benzene rings is 6. The van der Waals surface area contributed by atoms with Crippen molar-refractivity contribution in [3.05, 3.63) is 192 Å². The van der Waals surface area contributed by atoms with Gasteiger partial charge in [0, 0.05) is 82.0 Å². The second-order valence-corrected chi connectivity index (χ2v) is 23.6. The van der Waals surface area contributed by atoms with Crippen molar-refractivity contribution in [3.8, 4) is 11.5 Å². The molecule has 6 aromatic rings. The third-order valence-corrected chi connectivity index (χ3v) is 16.7. The molecule has 0 aromatic heterocycles. The van der Waals surface area contributed by atoms with E-state index in [0.717, 1.165) is 51.9 Å². The van der Waals surface area contributed by atoms with Crippen molar-refractivity contribution < 1.29 is 70.1 Å². The average molecular weight is 1410 g/mol. The van der Waals surface area contributed by atoms with Crippen LogP contribution in [0.5, 0.6) is 11.5 Å². The van der Waals surface area contributed by atoms with Gasteiger partial charge >= 0.3 is 11.9 Å². The Kier molecular flexibility index (Phi) is 36.1.